The van der Waals surface area contributed by atoms with Gasteiger partial charge >= 0.3 is 6.18 Å². The second-order valence-corrected chi connectivity index (χ2v) is 6.51. The van der Waals surface area contributed by atoms with Crippen molar-refractivity contribution in [2.24, 2.45) is 0 Å². The highest BCUT2D eigenvalue weighted by Crippen LogP contribution is 2.36. The Balaban J connectivity index is 1.69. The van der Waals surface area contributed by atoms with E-state index >= 15 is 0 Å². The van der Waals surface area contributed by atoms with E-state index in [1.54, 1.807) is 19.2 Å². The number of benzene rings is 1. The summed E-state index contributed by atoms with van der Waals surface area (Å²) in [4.78, 5) is 16.9. The Morgan fingerprint density at radius 3 is 2.77 bits per heavy atom. The number of rotatable bonds is 4. The molecule has 4 rings (SSSR count). The largest absolute Gasteiger partial charge is 0.417 e. The van der Waals surface area contributed by atoms with Crippen molar-refractivity contribution in [3.05, 3.63) is 77.9 Å². The maximum Gasteiger partial charge on any atom is 0.417 e. The van der Waals surface area contributed by atoms with Gasteiger partial charge in [0.05, 0.1) is 23.6 Å². The quantitative estimate of drug-likeness (QED) is 0.612. The summed E-state index contributed by atoms with van der Waals surface area (Å²) in [5, 5.41) is 13.0. The molecule has 0 fully saturated rings. The third-order valence-corrected chi connectivity index (χ3v) is 4.54. The minimum atomic E-state index is -4.53. The summed E-state index contributed by atoms with van der Waals surface area (Å²) in [6.07, 6.45) is 2.00. The molecule has 0 saturated heterocycles. The average molecular weight is 414 g/mol. The van der Waals surface area contributed by atoms with Gasteiger partial charge in [-0.2, -0.15) is 18.3 Å². The fourth-order valence-corrected chi connectivity index (χ4v) is 3.08. The Kier molecular flexibility index (Phi) is 5.00. The lowest BCUT2D eigenvalue weighted by Gasteiger charge is -2.21. The molecule has 1 unspecified atom stereocenters. The van der Waals surface area contributed by atoms with Crippen LogP contribution in [0.4, 0.5) is 13.2 Å². The molecule has 7 nitrogen and oxygen atoms in total. The summed E-state index contributed by atoms with van der Waals surface area (Å²) in [6, 6.07) is 8.13. The van der Waals surface area contributed by atoms with Crippen LogP contribution in [0, 0.1) is 0 Å². The number of hydrogen-bond acceptors (Lipinski definition) is 5. The van der Waals surface area contributed by atoms with E-state index in [4.69, 9.17) is 0 Å². The number of imidazole rings is 1. The van der Waals surface area contributed by atoms with E-state index in [2.05, 4.69) is 26.0 Å². The first-order valence-corrected chi connectivity index (χ1v) is 9.02. The number of nitrogens with one attached hydrogen (secondary N) is 3. The van der Waals surface area contributed by atoms with Gasteiger partial charge in [-0.15, -0.1) is 0 Å². The van der Waals surface area contributed by atoms with Gasteiger partial charge in [-0.05, 0) is 37.4 Å². The van der Waals surface area contributed by atoms with Crippen LogP contribution in [0.1, 0.15) is 16.1 Å². The maximum absolute atomic E-state index is 13.4. The van der Waals surface area contributed by atoms with Crippen LogP contribution < -0.4 is 16.0 Å². The highest BCUT2D eigenvalue weighted by atomic mass is 19.4. The Bertz CT molecular complexity index is 1160. The molecular formula is C20H17F3N6O. The predicted octanol–water partition coefficient (Wildman–Crippen LogP) is 2.69. The van der Waals surface area contributed by atoms with Crippen LogP contribution in [-0.2, 0) is 6.18 Å². The molecule has 3 N–H and O–H groups in total. The number of dihydropyridines is 1. The molecular weight excluding hydrogens is 397 g/mol. The zero-order chi connectivity index (χ0) is 21.3. The number of halogens is 3. The molecule has 30 heavy (non-hydrogen) atoms. The van der Waals surface area contributed by atoms with E-state index < -0.39 is 17.6 Å². The molecule has 3 aromatic rings. The van der Waals surface area contributed by atoms with Crippen molar-refractivity contribution in [2.75, 3.05) is 7.05 Å². The zero-order valence-electron chi connectivity index (χ0n) is 15.7. The van der Waals surface area contributed by atoms with Crippen LogP contribution in [-0.4, -0.2) is 33.7 Å². The van der Waals surface area contributed by atoms with Gasteiger partial charge < -0.3 is 10.6 Å². The first-order valence-electron chi connectivity index (χ1n) is 9.02. The van der Waals surface area contributed by atoms with Gasteiger partial charge in [0, 0.05) is 5.56 Å². The number of alkyl halides is 3. The highest BCUT2D eigenvalue weighted by Gasteiger charge is 2.33. The molecule has 0 bridgehead atoms. The fraction of sp³-hybridized carbons (Fsp3) is 0.150. The first kappa shape index (κ1) is 19.6. The Morgan fingerprint density at radius 1 is 1.20 bits per heavy atom. The van der Waals surface area contributed by atoms with Crippen molar-refractivity contribution >= 4 is 11.6 Å². The number of carbonyl (C=O) groups excluding carboxylic acids is 1. The van der Waals surface area contributed by atoms with E-state index in [9.17, 15) is 18.0 Å². The standard InChI is InChI=1S/C20H17F3N6O/c1-24-16-7-4-8-17(26-16)27-19(30)15-11-25-18-10-9-14(28-29(15)18)12-5-2-3-6-13(12)20(21,22)23/h2-11,16,24,26H,1H3,(H,27,30). The highest BCUT2D eigenvalue weighted by molar-refractivity contribution is 5.94. The van der Waals surface area contributed by atoms with E-state index in [-0.39, 0.29) is 23.1 Å². The van der Waals surface area contributed by atoms with Crippen molar-refractivity contribution in [2.45, 2.75) is 12.3 Å². The monoisotopic (exact) mass is 414 g/mol. The Labute approximate surface area is 169 Å². The second kappa shape index (κ2) is 7.64. The first-order chi connectivity index (χ1) is 14.4. The van der Waals surface area contributed by atoms with Crippen LogP contribution in [0.5, 0.6) is 0 Å². The lowest BCUT2D eigenvalue weighted by molar-refractivity contribution is -0.137. The smallest absolute Gasteiger partial charge is 0.353 e. The number of nitrogens with zero attached hydrogens (tertiary/aromatic N) is 3. The van der Waals surface area contributed by atoms with Gasteiger partial charge in [0.25, 0.3) is 5.91 Å². The third kappa shape index (κ3) is 3.77. The molecule has 1 aliphatic heterocycles. The van der Waals surface area contributed by atoms with Crippen LogP contribution in [0.3, 0.4) is 0 Å². The number of hydrogen-bond donors (Lipinski definition) is 3. The number of aromatic nitrogens is 3. The number of carbonyl (C=O) groups is 1. The van der Waals surface area contributed by atoms with Crippen molar-refractivity contribution in [3.8, 4) is 11.3 Å². The summed E-state index contributed by atoms with van der Waals surface area (Å²) in [7, 11) is 1.77. The maximum atomic E-state index is 13.4. The van der Waals surface area contributed by atoms with Gasteiger partial charge in [-0.25, -0.2) is 9.50 Å². The second-order valence-electron chi connectivity index (χ2n) is 6.51. The third-order valence-electron chi connectivity index (χ3n) is 4.54. The van der Waals surface area contributed by atoms with Gasteiger partial charge in [-0.1, -0.05) is 24.3 Å². The Hall–Kier alpha value is -3.66. The lowest BCUT2D eigenvalue weighted by atomic mass is 10.0. The fourth-order valence-electron chi connectivity index (χ4n) is 3.08. The molecule has 1 aromatic carbocycles. The summed E-state index contributed by atoms with van der Waals surface area (Å²) in [5.41, 5.74) is -0.368. The minimum Gasteiger partial charge on any atom is -0.353 e. The molecule has 10 heteroatoms. The molecule has 0 aliphatic carbocycles. The molecule has 2 aromatic heterocycles. The minimum absolute atomic E-state index is 0.0781. The topological polar surface area (TPSA) is 83.3 Å². The van der Waals surface area contributed by atoms with Crippen LogP contribution >= 0.6 is 0 Å². The van der Waals surface area contributed by atoms with Crippen LogP contribution in [0.15, 0.2) is 66.6 Å². The van der Waals surface area contributed by atoms with E-state index in [1.807, 2.05) is 6.08 Å². The number of likely N-dealkylation sites (N-methyl/N-ethyl adjacent to an activating group) is 1. The average Bonchev–Trinajstić information content (AvgIpc) is 3.16. The van der Waals surface area contributed by atoms with Gasteiger partial charge in [0.2, 0.25) is 0 Å². The summed E-state index contributed by atoms with van der Waals surface area (Å²) >= 11 is 0. The molecule has 3 heterocycles. The van der Waals surface area contributed by atoms with Gasteiger partial charge in [0.15, 0.2) is 11.3 Å². The number of amides is 1. The van der Waals surface area contributed by atoms with Crippen molar-refractivity contribution < 1.29 is 18.0 Å². The van der Waals surface area contributed by atoms with Crippen molar-refractivity contribution in [3.63, 3.8) is 0 Å². The molecule has 0 spiro atoms. The summed E-state index contributed by atoms with van der Waals surface area (Å²) in [6.45, 7) is 0. The van der Waals surface area contributed by atoms with Gasteiger partial charge in [-0.3, -0.25) is 10.1 Å². The zero-order valence-corrected chi connectivity index (χ0v) is 15.7. The van der Waals surface area contributed by atoms with Crippen LogP contribution in [0.2, 0.25) is 0 Å². The molecule has 0 saturated carbocycles. The van der Waals surface area contributed by atoms with Crippen molar-refractivity contribution in [1.29, 1.82) is 0 Å². The molecule has 1 atom stereocenters. The number of fused-ring (bicyclic) bond motifs is 1. The summed E-state index contributed by atoms with van der Waals surface area (Å²) < 4.78 is 41.4. The Morgan fingerprint density at radius 2 is 2.00 bits per heavy atom. The van der Waals surface area contributed by atoms with Gasteiger partial charge in [0.1, 0.15) is 5.82 Å². The molecule has 1 amide bonds. The van der Waals surface area contributed by atoms with E-state index in [0.29, 0.717) is 11.5 Å². The molecule has 0 radical (unpaired) electrons. The predicted molar refractivity (Wildman–Crippen MR) is 104 cm³/mol. The van der Waals surface area contributed by atoms with Crippen LogP contribution in [0.25, 0.3) is 16.9 Å². The SMILES string of the molecule is CNC1C=CC=C(NC(=O)c2cnc3ccc(-c4ccccc4C(F)(F)F)nn23)N1. The van der Waals surface area contributed by atoms with E-state index in [1.165, 1.54) is 41.0 Å². The summed E-state index contributed by atoms with van der Waals surface area (Å²) in [5.74, 6) is -0.0319. The number of allylic oxidation sites excluding steroid dienone is 2. The van der Waals surface area contributed by atoms with Crippen molar-refractivity contribution in [1.82, 2.24) is 30.5 Å². The molecule has 1 aliphatic rings. The van der Waals surface area contributed by atoms with E-state index in [0.717, 1.165) is 6.07 Å². The lowest BCUT2D eigenvalue weighted by Crippen LogP contribution is -2.44. The molecule has 154 valence electrons. The normalized spacial score (nSPS) is 16.3.